The van der Waals surface area contributed by atoms with Crippen LogP contribution in [0.1, 0.15) is 37.2 Å². The van der Waals surface area contributed by atoms with E-state index < -0.39 is 5.97 Å². The highest BCUT2D eigenvalue weighted by molar-refractivity contribution is 5.74. The molecular formula is C16H22N2O3. The van der Waals surface area contributed by atoms with Gasteiger partial charge in [-0.3, -0.25) is 4.79 Å². The lowest BCUT2D eigenvalue weighted by molar-refractivity contribution is -0.137. The summed E-state index contributed by atoms with van der Waals surface area (Å²) in [6, 6.07) is 10.2. The van der Waals surface area contributed by atoms with E-state index in [-0.39, 0.29) is 12.5 Å². The van der Waals surface area contributed by atoms with Crippen molar-refractivity contribution in [2.75, 3.05) is 19.6 Å². The molecule has 2 amide bonds. The molecular weight excluding hydrogens is 268 g/mol. The lowest BCUT2D eigenvalue weighted by Crippen LogP contribution is -2.38. The lowest BCUT2D eigenvalue weighted by atomic mass is 9.99. The SMILES string of the molecule is O=C(O)CCCCNC(=O)N1CCC(c2ccccc2)C1. The second kappa shape index (κ2) is 7.67. The highest BCUT2D eigenvalue weighted by Crippen LogP contribution is 2.26. The maximum absolute atomic E-state index is 12.0. The summed E-state index contributed by atoms with van der Waals surface area (Å²) in [6.45, 7) is 2.07. The molecule has 1 saturated heterocycles. The fraction of sp³-hybridized carbons (Fsp3) is 0.500. The Labute approximate surface area is 125 Å². The predicted molar refractivity (Wildman–Crippen MR) is 80.3 cm³/mol. The van der Waals surface area contributed by atoms with Gasteiger partial charge in [0, 0.05) is 32.0 Å². The van der Waals surface area contributed by atoms with Crippen molar-refractivity contribution in [1.82, 2.24) is 10.2 Å². The Balaban J connectivity index is 1.69. The van der Waals surface area contributed by atoms with Gasteiger partial charge in [0.05, 0.1) is 0 Å². The van der Waals surface area contributed by atoms with Crippen molar-refractivity contribution in [3.8, 4) is 0 Å². The van der Waals surface area contributed by atoms with E-state index in [2.05, 4.69) is 17.4 Å². The number of amides is 2. The van der Waals surface area contributed by atoms with E-state index in [0.29, 0.717) is 25.3 Å². The fourth-order valence-corrected chi connectivity index (χ4v) is 2.65. The number of nitrogens with one attached hydrogen (secondary N) is 1. The molecule has 0 bridgehead atoms. The van der Waals surface area contributed by atoms with Crippen molar-refractivity contribution in [3.63, 3.8) is 0 Å². The van der Waals surface area contributed by atoms with Crippen molar-refractivity contribution >= 4 is 12.0 Å². The van der Waals surface area contributed by atoms with Crippen LogP contribution in [0.25, 0.3) is 0 Å². The third kappa shape index (κ3) is 4.77. The minimum atomic E-state index is -0.786. The summed E-state index contributed by atoms with van der Waals surface area (Å²) in [7, 11) is 0. The minimum absolute atomic E-state index is 0.0382. The quantitative estimate of drug-likeness (QED) is 0.791. The molecule has 21 heavy (non-hydrogen) atoms. The molecule has 5 heteroatoms. The van der Waals surface area contributed by atoms with E-state index in [1.54, 1.807) is 0 Å². The first kappa shape index (κ1) is 15.4. The maximum Gasteiger partial charge on any atom is 0.317 e. The molecule has 1 unspecified atom stereocenters. The number of carbonyl (C=O) groups is 2. The average Bonchev–Trinajstić information content (AvgIpc) is 2.97. The van der Waals surface area contributed by atoms with Crippen LogP contribution in [0.3, 0.4) is 0 Å². The summed E-state index contributed by atoms with van der Waals surface area (Å²) in [6.07, 6.45) is 2.46. The van der Waals surface area contributed by atoms with E-state index in [4.69, 9.17) is 5.11 Å². The first-order valence-corrected chi connectivity index (χ1v) is 7.46. The topological polar surface area (TPSA) is 69.6 Å². The Bertz CT molecular complexity index is 476. The van der Waals surface area contributed by atoms with Gasteiger partial charge < -0.3 is 15.3 Å². The zero-order chi connectivity index (χ0) is 15.1. The van der Waals surface area contributed by atoms with Gasteiger partial charge in [-0.1, -0.05) is 30.3 Å². The van der Waals surface area contributed by atoms with E-state index >= 15 is 0 Å². The summed E-state index contributed by atoms with van der Waals surface area (Å²) in [5, 5.41) is 11.4. The van der Waals surface area contributed by atoms with Gasteiger partial charge in [0.1, 0.15) is 0 Å². The Morgan fingerprint density at radius 3 is 2.71 bits per heavy atom. The van der Waals surface area contributed by atoms with Crippen molar-refractivity contribution < 1.29 is 14.7 Å². The number of rotatable bonds is 6. The second-order valence-corrected chi connectivity index (χ2v) is 5.43. The first-order valence-electron chi connectivity index (χ1n) is 7.46. The van der Waals surface area contributed by atoms with Crippen LogP contribution in [0.5, 0.6) is 0 Å². The van der Waals surface area contributed by atoms with Crippen LogP contribution in [-0.2, 0) is 4.79 Å². The van der Waals surface area contributed by atoms with E-state index in [0.717, 1.165) is 19.5 Å². The predicted octanol–water partition coefficient (Wildman–Crippen LogP) is 2.44. The molecule has 1 fully saturated rings. The molecule has 2 rings (SSSR count). The zero-order valence-electron chi connectivity index (χ0n) is 12.1. The normalized spacial score (nSPS) is 17.7. The first-order chi connectivity index (χ1) is 10.2. The molecule has 0 radical (unpaired) electrons. The Morgan fingerprint density at radius 2 is 2.00 bits per heavy atom. The van der Waals surface area contributed by atoms with Crippen LogP contribution in [0.2, 0.25) is 0 Å². The Hall–Kier alpha value is -2.04. The van der Waals surface area contributed by atoms with Gasteiger partial charge in [0.2, 0.25) is 0 Å². The molecule has 2 N–H and O–H groups in total. The third-order valence-electron chi connectivity index (χ3n) is 3.84. The van der Waals surface area contributed by atoms with Gasteiger partial charge in [-0.2, -0.15) is 0 Å². The summed E-state index contributed by atoms with van der Waals surface area (Å²) in [5.74, 6) is -0.365. The number of hydrogen-bond acceptors (Lipinski definition) is 2. The van der Waals surface area contributed by atoms with Crippen molar-refractivity contribution in [2.24, 2.45) is 0 Å². The van der Waals surface area contributed by atoms with E-state index in [1.807, 2.05) is 23.1 Å². The van der Waals surface area contributed by atoms with Crippen LogP contribution >= 0.6 is 0 Å². The number of likely N-dealkylation sites (tertiary alicyclic amines) is 1. The molecule has 1 atom stereocenters. The number of urea groups is 1. The molecule has 114 valence electrons. The smallest absolute Gasteiger partial charge is 0.317 e. The van der Waals surface area contributed by atoms with Gasteiger partial charge >= 0.3 is 12.0 Å². The monoisotopic (exact) mass is 290 g/mol. The largest absolute Gasteiger partial charge is 0.481 e. The van der Waals surface area contributed by atoms with Gasteiger partial charge in [0.15, 0.2) is 0 Å². The van der Waals surface area contributed by atoms with Crippen molar-refractivity contribution in [3.05, 3.63) is 35.9 Å². The van der Waals surface area contributed by atoms with Crippen LogP contribution in [0.4, 0.5) is 4.79 Å². The lowest BCUT2D eigenvalue weighted by Gasteiger charge is -2.17. The van der Waals surface area contributed by atoms with Gasteiger partial charge in [-0.25, -0.2) is 4.79 Å². The molecule has 1 aliphatic rings. The number of aliphatic carboxylic acids is 1. The number of carbonyl (C=O) groups excluding carboxylic acids is 1. The summed E-state index contributed by atoms with van der Waals surface area (Å²) in [5.41, 5.74) is 1.29. The summed E-state index contributed by atoms with van der Waals surface area (Å²) in [4.78, 5) is 24.2. The minimum Gasteiger partial charge on any atom is -0.481 e. The second-order valence-electron chi connectivity index (χ2n) is 5.43. The van der Waals surface area contributed by atoms with Gasteiger partial charge in [-0.15, -0.1) is 0 Å². The third-order valence-corrected chi connectivity index (χ3v) is 3.84. The number of nitrogens with zero attached hydrogens (tertiary/aromatic N) is 1. The Kier molecular flexibility index (Phi) is 5.60. The number of carboxylic acids is 1. The van der Waals surface area contributed by atoms with Crippen molar-refractivity contribution in [2.45, 2.75) is 31.6 Å². The standard InChI is InChI=1S/C16H22N2O3/c19-15(20)8-4-5-10-17-16(21)18-11-9-14(12-18)13-6-2-1-3-7-13/h1-3,6-7,14H,4-5,8-12H2,(H,17,21)(H,19,20). The van der Waals surface area contributed by atoms with Crippen LogP contribution in [-0.4, -0.2) is 41.6 Å². The number of benzene rings is 1. The van der Waals surface area contributed by atoms with Gasteiger partial charge in [0.25, 0.3) is 0 Å². The van der Waals surface area contributed by atoms with Crippen molar-refractivity contribution in [1.29, 1.82) is 0 Å². The molecule has 0 aromatic heterocycles. The van der Waals surface area contributed by atoms with Crippen LogP contribution < -0.4 is 5.32 Å². The molecule has 1 aromatic carbocycles. The maximum atomic E-state index is 12.0. The summed E-state index contributed by atoms with van der Waals surface area (Å²) >= 11 is 0. The molecule has 0 aliphatic carbocycles. The van der Waals surface area contributed by atoms with Crippen LogP contribution in [0.15, 0.2) is 30.3 Å². The van der Waals surface area contributed by atoms with Gasteiger partial charge in [-0.05, 0) is 24.8 Å². The molecule has 1 aliphatic heterocycles. The average molecular weight is 290 g/mol. The summed E-state index contributed by atoms with van der Waals surface area (Å²) < 4.78 is 0. The molecule has 0 saturated carbocycles. The number of hydrogen-bond donors (Lipinski definition) is 2. The molecule has 1 heterocycles. The fourth-order valence-electron chi connectivity index (χ4n) is 2.65. The number of carboxylic acid groups (broad SMARTS) is 1. The Morgan fingerprint density at radius 1 is 1.24 bits per heavy atom. The van der Waals surface area contributed by atoms with E-state index in [9.17, 15) is 9.59 Å². The molecule has 5 nitrogen and oxygen atoms in total. The highest BCUT2D eigenvalue weighted by atomic mass is 16.4. The zero-order valence-corrected chi connectivity index (χ0v) is 12.1. The number of unbranched alkanes of at least 4 members (excludes halogenated alkanes) is 1. The molecule has 1 aromatic rings. The van der Waals surface area contributed by atoms with Crippen LogP contribution in [0, 0.1) is 0 Å². The highest BCUT2D eigenvalue weighted by Gasteiger charge is 2.26. The van der Waals surface area contributed by atoms with E-state index in [1.165, 1.54) is 5.56 Å². The molecule has 0 spiro atoms.